The number of rotatable bonds is 4. The Morgan fingerprint density at radius 2 is 2.00 bits per heavy atom. The first-order valence-electron chi connectivity index (χ1n) is 7.62. The average molecular weight is 394 g/mol. The van der Waals surface area contributed by atoms with Crippen LogP contribution in [0.3, 0.4) is 0 Å². The van der Waals surface area contributed by atoms with E-state index in [0.717, 1.165) is 10.6 Å². The second kappa shape index (κ2) is 7.10. The summed E-state index contributed by atoms with van der Waals surface area (Å²) < 4.78 is 5.51. The summed E-state index contributed by atoms with van der Waals surface area (Å²) in [7, 11) is 0. The molecule has 2 unspecified atom stereocenters. The van der Waals surface area contributed by atoms with Gasteiger partial charge in [0.1, 0.15) is 5.75 Å². The molecule has 21 heavy (non-hydrogen) atoms. The van der Waals surface area contributed by atoms with Crippen LogP contribution in [0.25, 0.3) is 0 Å². The summed E-state index contributed by atoms with van der Waals surface area (Å²) in [5.74, 6) is 1.23. The zero-order valence-corrected chi connectivity index (χ0v) is 16.0. The molecule has 118 valence electrons. The third-order valence-corrected chi connectivity index (χ3v) is 6.35. The topological polar surface area (TPSA) is 9.23 Å². The molecule has 0 aliphatic heterocycles. The van der Waals surface area contributed by atoms with Crippen LogP contribution in [0, 0.1) is 11.3 Å². The normalized spacial score (nSPS) is 22.9. The van der Waals surface area contributed by atoms with Crippen molar-refractivity contribution in [1.82, 2.24) is 0 Å². The fraction of sp³-hybridized carbons (Fsp3) is 0.647. The van der Waals surface area contributed by atoms with Gasteiger partial charge in [-0.2, -0.15) is 0 Å². The highest BCUT2D eigenvalue weighted by Crippen LogP contribution is 2.52. The first kappa shape index (κ1) is 17.4. The van der Waals surface area contributed by atoms with Crippen LogP contribution < -0.4 is 4.74 Å². The summed E-state index contributed by atoms with van der Waals surface area (Å²) in [5.41, 5.74) is 1.39. The Morgan fingerprint density at radius 1 is 1.29 bits per heavy atom. The molecule has 0 N–H and O–H groups in total. The van der Waals surface area contributed by atoms with E-state index in [0.29, 0.717) is 28.7 Å². The Morgan fingerprint density at radius 3 is 2.62 bits per heavy atom. The van der Waals surface area contributed by atoms with Crippen LogP contribution in [0.2, 0.25) is 10.0 Å². The van der Waals surface area contributed by atoms with Crippen molar-refractivity contribution < 1.29 is 4.74 Å². The minimum Gasteiger partial charge on any atom is -0.492 e. The van der Waals surface area contributed by atoms with E-state index in [2.05, 4.69) is 29.8 Å². The molecule has 1 aliphatic rings. The van der Waals surface area contributed by atoms with Gasteiger partial charge in [-0.15, -0.1) is 0 Å². The maximum atomic E-state index is 6.48. The molecule has 0 bridgehead atoms. The molecule has 1 aliphatic carbocycles. The number of hydrogen-bond acceptors (Lipinski definition) is 1. The van der Waals surface area contributed by atoms with Crippen molar-refractivity contribution in [2.45, 2.75) is 51.3 Å². The van der Waals surface area contributed by atoms with Gasteiger partial charge in [-0.25, -0.2) is 0 Å². The van der Waals surface area contributed by atoms with Crippen LogP contribution in [0.5, 0.6) is 5.75 Å². The Labute approximate surface area is 146 Å². The highest BCUT2D eigenvalue weighted by Gasteiger charge is 2.37. The highest BCUT2D eigenvalue weighted by molar-refractivity contribution is 9.09. The molecule has 0 heterocycles. The van der Waals surface area contributed by atoms with Crippen molar-refractivity contribution in [3.05, 3.63) is 27.7 Å². The Kier molecular flexibility index (Phi) is 5.90. The molecule has 0 aromatic heterocycles. The van der Waals surface area contributed by atoms with Crippen LogP contribution in [0.4, 0.5) is 0 Å². The zero-order valence-electron chi connectivity index (χ0n) is 12.9. The number of ether oxygens (including phenoxy) is 1. The molecule has 1 aromatic carbocycles. The van der Waals surface area contributed by atoms with E-state index >= 15 is 0 Å². The molecular formula is C17H23BrCl2O. The summed E-state index contributed by atoms with van der Waals surface area (Å²) in [6.07, 6.45) is 5.10. The molecule has 1 aromatic rings. The fourth-order valence-electron chi connectivity index (χ4n) is 3.30. The number of halogens is 3. The summed E-state index contributed by atoms with van der Waals surface area (Å²) in [5, 5.41) is 1.36. The largest absolute Gasteiger partial charge is 0.492 e. The van der Waals surface area contributed by atoms with Crippen molar-refractivity contribution in [2.75, 3.05) is 6.61 Å². The van der Waals surface area contributed by atoms with E-state index in [9.17, 15) is 0 Å². The monoisotopic (exact) mass is 392 g/mol. The van der Waals surface area contributed by atoms with Gasteiger partial charge in [0.15, 0.2) is 0 Å². The zero-order chi connectivity index (χ0) is 15.6. The minimum absolute atomic E-state index is 0.230. The van der Waals surface area contributed by atoms with Crippen LogP contribution >= 0.6 is 39.1 Å². The molecule has 0 radical (unpaired) electrons. The van der Waals surface area contributed by atoms with Crippen molar-refractivity contribution in [3.8, 4) is 5.75 Å². The minimum atomic E-state index is 0.230. The summed E-state index contributed by atoms with van der Waals surface area (Å²) in [6, 6.07) is 3.80. The average Bonchev–Trinajstić information content (AvgIpc) is 2.41. The molecule has 1 nitrogen and oxygen atoms in total. The van der Waals surface area contributed by atoms with Crippen LogP contribution in [0.1, 0.15) is 56.8 Å². The summed E-state index contributed by atoms with van der Waals surface area (Å²) in [4.78, 5) is 0.230. The van der Waals surface area contributed by atoms with E-state index < -0.39 is 0 Å². The predicted molar refractivity (Wildman–Crippen MR) is 95.0 cm³/mol. The van der Waals surface area contributed by atoms with Crippen LogP contribution in [-0.4, -0.2) is 6.61 Å². The van der Waals surface area contributed by atoms with Gasteiger partial charge >= 0.3 is 0 Å². The summed E-state index contributed by atoms with van der Waals surface area (Å²) in [6.45, 7) is 7.24. The van der Waals surface area contributed by atoms with Crippen molar-refractivity contribution in [1.29, 1.82) is 0 Å². The van der Waals surface area contributed by atoms with Gasteiger partial charge in [-0.3, -0.25) is 0 Å². The molecular weight excluding hydrogens is 371 g/mol. The third kappa shape index (κ3) is 3.89. The van der Waals surface area contributed by atoms with Crippen molar-refractivity contribution in [2.24, 2.45) is 11.3 Å². The standard InChI is InChI=1S/C17H23BrCl2O/c1-4-21-15-10-13(19)11(9-14(15)20)16(18)12-7-5-6-8-17(12,2)3/h9-10,12,16H,4-8H2,1-3H3. The van der Waals surface area contributed by atoms with Gasteiger partial charge in [-0.1, -0.05) is 65.8 Å². The van der Waals surface area contributed by atoms with Crippen LogP contribution in [0.15, 0.2) is 12.1 Å². The first-order chi connectivity index (χ1) is 9.86. The lowest BCUT2D eigenvalue weighted by atomic mass is 9.67. The van der Waals surface area contributed by atoms with E-state index in [-0.39, 0.29) is 4.83 Å². The van der Waals surface area contributed by atoms with Crippen LogP contribution in [-0.2, 0) is 0 Å². The predicted octanol–water partition coefficient (Wildman–Crippen LogP) is 7.04. The molecule has 0 amide bonds. The van der Waals surface area contributed by atoms with E-state index in [1.165, 1.54) is 25.7 Å². The smallest absolute Gasteiger partial charge is 0.139 e. The van der Waals surface area contributed by atoms with E-state index in [1.54, 1.807) is 0 Å². The lowest BCUT2D eigenvalue weighted by Crippen LogP contribution is -2.30. The van der Waals surface area contributed by atoms with Crippen molar-refractivity contribution >= 4 is 39.1 Å². The second-order valence-corrected chi connectivity index (χ2v) is 8.28. The third-order valence-electron chi connectivity index (χ3n) is 4.59. The molecule has 4 heteroatoms. The fourth-order valence-corrected chi connectivity index (χ4v) is 5.29. The lowest BCUT2D eigenvalue weighted by molar-refractivity contribution is 0.136. The van der Waals surface area contributed by atoms with Crippen molar-refractivity contribution in [3.63, 3.8) is 0 Å². The Bertz CT molecular complexity index is 502. The second-order valence-electron chi connectivity index (χ2n) is 6.48. The molecule has 2 atom stereocenters. The van der Waals surface area contributed by atoms with Gasteiger partial charge in [0.05, 0.1) is 11.6 Å². The van der Waals surface area contributed by atoms with Gasteiger partial charge in [0, 0.05) is 15.9 Å². The highest BCUT2D eigenvalue weighted by atomic mass is 79.9. The maximum Gasteiger partial charge on any atom is 0.139 e. The molecule has 0 saturated heterocycles. The number of alkyl halides is 1. The SMILES string of the molecule is CCOc1cc(Cl)c(C(Br)C2CCCCC2(C)C)cc1Cl. The van der Waals surface area contributed by atoms with Gasteiger partial charge in [0.25, 0.3) is 0 Å². The summed E-state index contributed by atoms with van der Waals surface area (Å²) >= 11 is 16.7. The first-order valence-corrected chi connectivity index (χ1v) is 9.29. The number of hydrogen-bond donors (Lipinski definition) is 0. The molecule has 1 fully saturated rings. The molecule has 1 saturated carbocycles. The van der Waals surface area contributed by atoms with E-state index in [4.69, 9.17) is 27.9 Å². The van der Waals surface area contributed by atoms with Gasteiger partial charge in [-0.05, 0) is 42.7 Å². The number of benzene rings is 1. The molecule has 0 spiro atoms. The van der Waals surface area contributed by atoms with E-state index in [1.807, 2.05) is 19.1 Å². The van der Waals surface area contributed by atoms with Gasteiger partial charge < -0.3 is 4.74 Å². The Hall–Kier alpha value is 0.0800. The van der Waals surface area contributed by atoms with Gasteiger partial charge in [0.2, 0.25) is 0 Å². The molecule has 2 rings (SSSR count). The quantitative estimate of drug-likeness (QED) is 0.498. The Balaban J connectivity index is 2.30. The lowest BCUT2D eigenvalue weighted by Gasteiger charge is -2.41. The maximum absolute atomic E-state index is 6.48.